The molecule has 1 unspecified atom stereocenters. The van der Waals surface area contributed by atoms with E-state index in [9.17, 15) is 15.2 Å². The smallest absolute Gasteiger partial charge is 0.287 e. The molecule has 0 spiro atoms. The highest BCUT2D eigenvalue weighted by Gasteiger charge is 2.16. The maximum absolute atomic E-state index is 10.4. The summed E-state index contributed by atoms with van der Waals surface area (Å²) < 4.78 is 1.56. The summed E-state index contributed by atoms with van der Waals surface area (Å²) in [6.07, 6.45) is 0.660. The van der Waals surface area contributed by atoms with Gasteiger partial charge in [-0.05, 0) is 7.05 Å². The first-order valence-corrected chi connectivity index (χ1v) is 4.19. The van der Waals surface area contributed by atoms with E-state index in [1.165, 1.54) is 12.3 Å². The van der Waals surface area contributed by atoms with Gasteiger partial charge >= 0.3 is 0 Å². The summed E-state index contributed by atoms with van der Waals surface area (Å²) in [5.41, 5.74) is 0.531. The summed E-state index contributed by atoms with van der Waals surface area (Å²) in [7, 11) is 3.38. The number of aromatic nitrogens is 1. The van der Waals surface area contributed by atoms with Gasteiger partial charge in [0.05, 0.1) is 16.8 Å². The molecular weight excluding hydrogens is 186 g/mol. The lowest BCUT2D eigenvalue weighted by atomic mass is 10.2. The number of aliphatic hydroxyl groups is 1. The molecule has 6 nitrogen and oxygen atoms in total. The maximum Gasteiger partial charge on any atom is 0.287 e. The molecule has 0 amide bonds. The Morgan fingerprint density at radius 2 is 2.43 bits per heavy atom. The highest BCUT2D eigenvalue weighted by molar-refractivity contribution is 5.32. The molecule has 6 heteroatoms. The Kier molecular flexibility index (Phi) is 3.21. The van der Waals surface area contributed by atoms with E-state index >= 15 is 0 Å². The quantitative estimate of drug-likeness (QED) is 0.535. The molecule has 0 radical (unpaired) electrons. The fourth-order valence-electron chi connectivity index (χ4n) is 1.29. The maximum atomic E-state index is 10.4. The second-order valence-corrected chi connectivity index (χ2v) is 3.06. The van der Waals surface area contributed by atoms with Crippen LogP contribution in [0.4, 0.5) is 5.69 Å². The van der Waals surface area contributed by atoms with E-state index < -0.39 is 11.0 Å². The van der Waals surface area contributed by atoms with Crippen molar-refractivity contribution in [3.63, 3.8) is 0 Å². The van der Waals surface area contributed by atoms with Crippen molar-refractivity contribution in [1.82, 2.24) is 9.88 Å². The summed E-state index contributed by atoms with van der Waals surface area (Å²) in [5, 5.41) is 22.8. The molecule has 1 aromatic rings. The van der Waals surface area contributed by atoms with Crippen molar-refractivity contribution >= 4 is 5.69 Å². The lowest BCUT2D eigenvalue weighted by Gasteiger charge is -2.09. The number of rotatable bonds is 4. The van der Waals surface area contributed by atoms with Gasteiger partial charge in [-0.2, -0.15) is 0 Å². The Morgan fingerprint density at radius 3 is 2.86 bits per heavy atom. The van der Waals surface area contributed by atoms with Crippen LogP contribution in [-0.2, 0) is 7.05 Å². The molecule has 0 aliphatic rings. The van der Waals surface area contributed by atoms with Gasteiger partial charge in [0, 0.05) is 19.7 Å². The fourth-order valence-corrected chi connectivity index (χ4v) is 1.29. The van der Waals surface area contributed by atoms with Crippen LogP contribution in [0.5, 0.6) is 0 Å². The topological polar surface area (TPSA) is 80.3 Å². The van der Waals surface area contributed by atoms with Gasteiger partial charge in [0.25, 0.3) is 5.69 Å². The number of aryl methyl sites for hydroxylation is 1. The third kappa shape index (κ3) is 2.09. The van der Waals surface area contributed by atoms with Crippen molar-refractivity contribution in [2.24, 2.45) is 7.05 Å². The van der Waals surface area contributed by atoms with Gasteiger partial charge < -0.3 is 15.0 Å². The molecule has 14 heavy (non-hydrogen) atoms. The molecule has 2 N–H and O–H groups in total. The van der Waals surface area contributed by atoms with Gasteiger partial charge in [-0.15, -0.1) is 0 Å². The second kappa shape index (κ2) is 4.21. The van der Waals surface area contributed by atoms with Crippen molar-refractivity contribution < 1.29 is 10.0 Å². The average molecular weight is 199 g/mol. The molecule has 1 rings (SSSR count). The zero-order valence-electron chi connectivity index (χ0n) is 8.10. The molecular formula is C8H13N3O3. The van der Waals surface area contributed by atoms with Crippen molar-refractivity contribution in [3.8, 4) is 0 Å². The lowest BCUT2D eigenvalue weighted by Crippen LogP contribution is -2.18. The Balaban J connectivity index is 2.92. The van der Waals surface area contributed by atoms with Crippen LogP contribution in [0.25, 0.3) is 0 Å². The molecule has 0 saturated heterocycles. The number of hydrogen-bond donors (Lipinski definition) is 2. The summed E-state index contributed by atoms with van der Waals surface area (Å²) in [5.74, 6) is 0. The zero-order valence-corrected chi connectivity index (χ0v) is 8.10. The highest BCUT2D eigenvalue weighted by Crippen LogP contribution is 2.20. The van der Waals surface area contributed by atoms with Crippen LogP contribution < -0.4 is 5.32 Å². The van der Waals surface area contributed by atoms with Crippen molar-refractivity contribution in [2.45, 2.75) is 6.10 Å². The van der Waals surface area contributed by atoms with E-state index in [4.69, 9.17) is 0 Å². The molecule has 1 heterocycles. The van der Waals surface area contributed by atoms with E-state index in [1.54, 1.807) is 18.7 Å². The predicted molar refractivity (Wildman–Crippen MR) is 51.0 cm³/mol. The number of hydrogen-bond acceptors (Lipinski definition) is 4. The summed E-state index contributed by atoms with van der Waals surface area (Å²) in [4.78, 5) is 9.97. The number of nitrogens with zero attached hydrogens (tertiary/aromatic N) is 2. The number of nitrogens with one attached hydrogen (secondary N) is 1. The first-order chi connectivity index (χ1) is 6.56. The zero-order chi connectivity index (χ0) is 10.7. The van der Waals surface area contributed by atoms with Gasteiger partial charge in [-0.1, -0.05) is 0 Å². The number of aliphatic hydroxyl groups excluding tert-OH is 1. The number of likely N-dealkylation sites (N-methyl/N-ethyl adjacent to an activating group) is 1. The van der Waals surface area contributed by atoms with E-state index in [0.717, 1.165) is 0 Å². The minimum absolute atomic E-state index is 0.00217. The second-order valence-electron chi connectivity index (χ2n) is 3.06. The van der Waals surface area contributed by atoms with Crippen molar-refractivity contribution in [1.29, 1.82) is 0 Å². The van der Waals surface area contributed by atoms with Gasteiger partial charge in [-0.25, -0.2) is 0 Å². The largest absolute Gasteiger partial charge is 0.386 e. The first-order valence-electron chi connectivity index (χ1n) is 4.19. The Bertz CT molecular complexity index is 335. The minimum Gasteiger partial charge on any atom is -0.386 e. The predicted octanol–water partition coefficient (Wildman–Crippen LogP) is 0.186. The minimum atomic E-state index is -0.723. The summed E-state index contributed by atoms with van der Waals surface area (Å²) in [6, 6.07) is 1.38. The monoisotopic (exact) mass is 199 g/mol. The molecule has 0 bridgehead atoms. The first kappa shape index (κ1) is 10.7. The third-order valence-corrected chi connectivity index (χ3v) is 1.98. The van der Waals surface area contributed by atoms with Crippen LogP contribution in [0.15, 0.2) is 12.3 Å². The number of nitro groups is 1. The van der Waals surface area contributed by atoms with Gasteiger partial charge in [-0.3, -0.25) is 10.1 Å². The van der Waals surface area contributed by atoms with E-state index in [0.29, 0.717) is 12.2 Å². The van der Waals surface area contributed by atoms with Gasteiger partial charge in [0.15, 0.2) is 0 Å². The Labute approximate surface area is 81.3 Å². The molecule has 1 atom stereocenters. The van der Waals surface area contributed by atoms with Crippen LogP contribution in [-0.4, -0.2) is 28.2 Å². The van der Waals surface area contributed by atoms with E-state index in [2.05, 4.69) is 5.32 Å². The Hall–Kier alpha value is -1.40. The average Bonchev–Trinajstić information content (AvgIpc) is 2.48. The van der Waals surface area contributed by atoms with Crippen LogP contribution >= 0.6 is 0 Å². The van der Waals surface area contributed by atoms with Gasteiger partial charge in [0.2, 0.25) is 0 Å². The van der Waals surface area contributed by atoms with Crippen LogP contribution in [0.3, 0.4) is 0 Å². The van der Waals surface area contributed by atoms with Gasteiger partial charge in [0.1, 0.15) is 6.10 Å². The SMILES string of the molecule is CNCC(O)c1cc([N+](=O)[O-])cn1C. The van der Waals surface area contributed by atoms with Crippen LogP contribution in [0, 0.1) is 10.1 Å². The highest BCUT2D eigenvalue weighted by atomic mass is 16.6. The fraction of sp³-hybridized carbons (Fsp3) is 0.500. The molecule has 78 valence electrons. The molecule has 0 fully saturated rings. The molecule has 0 aliphatic carbocycles. The summed E-state index contributed by atoms with van der Waals surface area (Å²) >= 11 is 0. The lowest BCUT2D eigenvalue weighted by molar-refractivity contribution is -0.384. The van der Waals surface area contributed by atoms with E-state index in [1.807, 2.05) is 0 Å². The standard InChI is InChI=1S/C8H13N3O3/c1-9-4-8(12)7-3-6(11(13)14)5-10(7)2/h3,5,8-9,12H,4H2,1-2H3. The molecule has 0 aliphatic heterocycles. The van der Waals surface area contributed by atoms with E-state index in [-0.39, 0.29) is 5.69 Å². The molecule has 0 aromatic carbocycles. The van der Waals surface area contributed by atoms with Crippen LogP contribution in [0.1, 0.15) is 11.8 Å². The third-order valence-electron chi connectivity index (χ3n) is 1.98. The van der Waals surface area contributed by atoms with Crippen molar-refractivity contribution in [2.75, 3.05) is 13.6 Å². The molecule has 1 aromatic heterocycles. The van der Waals surface area contributed by atoms with Crippen molar-refractivity contribution in [3.05, 3.63) is 28.1 Å². The summed E-state index contributed by atoms with van der Waals surface area (Å²) in [6.45, 7) is 0.370. The van der Waals surface area contributed by atoms with Crippen LogP contribution in [0.2, 0.25) is 0 Å². The Morgan fingerprint density at radius 1 is 1.79 bits per heavy atom. The normalized spacial score (nSPS) is 12.8. The molecule has 0 saturated carbocycles.